The Hall–Kier alpha value is -1.83. The quantitative estimate of drug-likeness (QED) is 0.762. The summed E-state index contributed by atoms with van der Waals surface area (Å²) >= 11 is 0. The number of nitrogens with one attached hydrogen (secondary N) is 1. The molecule has 0 fully saturated rings. The molecule has 0 radical (unpaired) electrons. The maximum Gasteiger partial charge on any atom is 0.256 e. The Bertz CT molecular complexity index is 375. The predicted molar refractivity (Wildman–Crippen MR) is 55.1 cm³/mol. The first kappa shape index (κ1) is 11.2. The molecule has 1 atom stereocenters. The summed E-state index contributed by atoms with van der Waals surface area (Å²) in [6.45, 7) is 4.17. The lowest BCUT2D eigenvalue weighted by atomic mass is 10.4. The third-order valence-corrected chi connectivity index (χ3v) is 1.57. The molecule has 4 nitrogen and oxygen atoms in total. The summed E-state index contributed by atoms with van der Waals surface area (Å²) in [6.07, 6.45) is 5.63. The fourth-order valence-electron chi connectivity index (χ4n) is 0.879. The summed E-state index contributed by atoms with van der Waals surface area (Å²) in [5, 5.41) is 2.85. The van der Waals surface area contributed by atoms with E-state index in [2.05, 4.69) is 21.2 Å². The summed E-state index contributed by atoms with van der Waals surface area (Å²) in [5.74, 6) is 1.88. The van der Waals surface area contributed by atoms with Crippen LogP contribution in [0.25, 0.3) is 0 Å². The molecule has 15 heavy (non-hydrogen) atoms. The molecule has 1 aromatic rings. The third-order valence-electron chi connectivity index (χ3n) is 1.57. The van der Waals surface area contributed by atoms with Gasteiger partial charge in [-0.1, -0.05) is 5.92 Å². The average Bonchev–Trinajstić information content (AvgIpc) is 2.23. The minimum Gasteiger partial charge on any atom is -0.459 e. The second-order valence-electron chi connectivity index (χ2n) is 2.80. The molecule has 0 aliphatic heterocycles. The van der Waals surface area contributed by atoms with E-state index in [1.807, 2.05) is 6.92 Å². The van der Waals surface area contributed by atoms with Crippen molar-refractivity contribution < 1.29 is 9.13 Å². The topological polar surface area (TPSA) is 47.0 Å². The fraction of sp³-hybridized carbons (Fsp3) is 0.400. The van der Waals surface area contributed by atoms with E-state index < -0.39 is 11.9 Å². The molecule has 0 amide bonds. The second-order valence-corrected chi connectivity index (χ2v) is 2.80. The first-order valence-electron chi connectivity index (χ1n) is 4.56. The molecule has 0 aromatic carbocycles. The predicted octanol–water partition coefficient (Wildman–Crippen LogP) is 1.45. The summed E-state index contributed by atoms with van der Waals surface area (Å²) in [5.41, 5.74) is 0. The van der Waals surface area contributed by atoms with Crippen LogP contribution in [-0.4, -0.2) is 22.6 Å². The number of hydrogen-bond donors (Lipinski definition) is 1. The molecule has 0 saturated heterocycles. The summed E-state index contributed by atoms with van der Waals surface area (Å²) in [6, 6.07) is 0. The van der Waals surface area contributed by atoms with Gasteiger partial charge in [0, 0.05) is 6.54 Å². The van der Waals surface area contributed by atoms with Gasteiger partial charge in [-0.2, -0.15) is 9.37 Å². The van der Waals surface area contributed by atoms with Crippen LogP contribution in [-0.2, 0) is 0 Å². The molecule has 1 heterocycles. The Balaban J connectivity index is 2.86. The molecule has 1 N–H and O–H groups in total. The van der Waals surface area contributed by atoms with Crippen LogP contribution in [0.2, 0.25) is 0 Å². The first-order chi connectivity index (χ1) is 7.17. The van der Waals surface area contributed by atoms with Crippen molar-refractivity contribution in [3.63, 3.8) is 0 Å². The first-order valence-corrected chi connectivity index (χ1v) is 4.56. The number of terminal acetylenes is 1. The zero-order chi connectivity index (χ0) is 11.3. The van der Waals surface area contributed by atoms with Crippen LogP contribution in [0, 0.1) is 18.2 Å². The molecule has 0 saturated carbocycles. The minimum atomic E-state index is -0.626. The number of ether oxygens (including phenoxy) is 1. The van der Waals surface area contributed by atoms with E-state index in [0.717, 1.165) is 6.20 Å². The highest BCUT2D eigenvalue weighted by molar-refractivity contribution is 5.28. The molecule has 80 valence electrons. The van der Waals surface area contributed by atoms with Crippen molar-refractivity contribution in [3.05, 3.63) is 12.0 Å². The SMILES string of the molecule is C#CC(C)Oc1nc(NCC)ncc1F. The Labute approximate surface area is 87.9 Å². The molecule has 1 rings (SSSR count). The zero-order valence-corrected chi connectivity index (χ0v) is 8.62. The Kier molecular flexibility index (Phi) is 3.86. The van der Waals surface area contributed by atoms with Crippen molar-refractivity contribution in [1.82, 2.24) is 9.97 Å². The minimum absolute atomic E-state index is 0.133. The van der Waals surface area contributed by atoms with Crippen molar-refractivity contribution in [2.24, 2.45) is 0 Å². The standard InChI is InChI=1S/C10H12FN3O/c1-4-7(3)15-9-8(11)6-13-10(14-9)12-5-2/h1,6-7H,5H2,2-3H3,(H,12,13,14). The van der Waals surface area contributed by atoms with Gasteiger partial charge < -0.3 is 10.1 Å². The van der Waals surface area contributed by atoms with Gasteiger partial charge in [-0.05, 0) is 13.8 Å². The number of rotatable bonds is 4. The van der Waals surface area contributed by atoms with Crippen molar-refractivity contribution in [1.29, 1.82) is 0 Å². The lowest BCUT2D eigenvalue weighted by molar-refractivity contribution is 0.253. The Morgan fingerprint density at radius 3 is 3.07 bits per heavy atom. The highest BCUT2D eigenvalue weighted by Crippen LogP contribution is 2.15. The average molecular weight is 209 g/mol. The Morgan fingerprint density at radius 1 is 1.73 bits per heavy atom. The van der Waals surface area contributed by atoms with Crippen LogP contribution in [0.15, 0.2) is 6.20 Å². The fourth-order valence-corrected chi connectivity index (χ4v) is 0.879. The summed E-state index contributed by atoms with van der Waals surface area (Å²) in [7, 11) is 0. The van der Waals surface area contributed by atoms with E-state index in [4.69, 9.17) is 11.2 Å². The summed E-state index contributed by atoms with van der Waals surface area (Å²) < 4.78 is 18.2. The third kappa shape index (κ3) is 3.09. The molecule has 0 spiro atoms. The maximum atomic E-state index is 13.2. The molecule has 5 heteroatoms. The lowest BCUT2D eigenvalue weighted by Crippen LogP contribution is -2.12. The second kappa shape index (κ2) is 5.15. The Morgan fingerprint density at radius 2 is 2.47 bits per heavy atom. The van der Waals surface area contributed by atoms with Crippen molar-refractivity contribution >= 4 is 5.95 Å². The van der Waals surface area contributed by atoms with Crippen molar-refractivity contribution in [2.45, 2.75) is 20.0 Å². The van der Waals surface area contributed by atoms with E-state index in [1.165, 1.54) is 0 Å². The van der Waals surface area contributed by atoms with Gasteiger partial charge in [0.1, 0.15) is 0 Å². The number of halogens is 1. The molecule has 0 bridgehead atoms. The molecular weight excluding hydrogens is 197 g/mol. The van der Waals surface area contributed by atoms with E-state index >= 15 is 0 Å². The van der Waals surface area contributed by atoms with Crippen LogP contribution in [0.3, 0.4) is 0 Å². The molecule has 0 aliphatic carbocycles. The van der Waals surface area contributed by atoms with E-state index in [-0.39, 0.29) is 5.88 Å². The monoisotopic (exact) mass is 209 g/mol. The highest BCUT2D eigenvalue weighted by Gasteiger charge is 2.10. The lowest BCUT2D eigenvalue weighted by Gasteiger charge is -2.09. The van der Waals surface area contributed by atoms with Gasteiger partial charge in [0.25, 0.3) is 5.88 Å². The van der Waals surface area contributed by atoms with Gasteiger partial charge in [0.2, 0.25) is 11.8 Å². The molecule has 1 unspecified atom stereocenters. The zero-order valence-electron chi connectivity index (χ0n) is 8.62. The van der Waals surface area contributed by atoms with Gasteiger partial charge in [-0.3, -0.25) is 0 Å². The number of aromatic nitrogens is 2. The van der Waals surface area contributed by atoms with Crippen molar-refractivity contribution in [2.75, 3.05) is 11.9 Å². The number of anilines is 1. The van der Waals surface area contributed by atoms with Crippen LogP contribution in [0.1, 0.15) is 13.8 Å². The molecule has 1 aromatic heterocycles. The van der Waals surface area contributed by atoms with Crippen LogP contribution >= 0.6 is 0 Å². The smallest absolute Gasteiger partial charge is 0.256 e. The van der Waals surface area contributed by atoms with Crippen LogP contribution < -0.4 is 10.1 Å². The largest absolute Gasteiger partial charge is 0.459 e. The normalized spacial score (nSPS) is 11.6. The van der Waals surface area contributed by atoms with Gasteiger partial charge in [-0.25, -0.2) is 4.98 Å². The van der Waals surface area contributed by atoms with E-state index in [1.54, 1.807) is 6.92 Å². The van der Waals surface area contributed by atoms with Crippen molar-refractivity contribution in [3.8, 4) is 18.2 Å². The molecule has 0 aliphatic rings. The van der Waals surface area contributed by atoms with E-state index in [9.17, 15) is 4.39 Å². The number of hydrogen-bond acceptors (Lipinski definition) is 4. The van der Waals surface area contributed by atoms with Crippen LogP contribution in [0.4, 0.5) is 10.3 Å². The highest BCUT2D eigenvalue weighted by atomic mass is 19.1. The maximum absolute atomic E-state index is 13.2. The van der Waals surface area contributed by atoms with Gasteiger partial charge >= 0.3 is 0 Å². The van der Waals surface area contributed by atoms with Gasteiger partial charge in [-0.15, -0.1) is 6.42 Å². The van der Waals surface area contributed by atoms with Gasteiger partial charge in [0.15, 0.2) is 6.10 Å². The number of nitrogens with zero attached hydrogens (tertiary/aromatic N) is 2. The van der Waals surface area contributed by atoms with E-state index in [0.29, 0.717) is 12.5 Å². The molecular formula is C10H12FN3O. The van der Waals surface area contributed by atoms with Crippen LogP contribution in [0.5, 0.6) is 5.88 Å². The van der Waals surface area contributed by atoms with Gasteiger partial charge in [0.05, 0.1) is 6.20 Å². The summed E-state index contributed by atoms with van der Waals surface area (Å²) in [4.78, 5) is 7.57.